The van der Waals surface area contributed by atoms with Crippen LogP contribution in [0.5, 0.6) is 0 Å². The molecule has 164 valence electrons. The molecule has 1 amide bonds. The highest BCUT2D eigenvalue weighted by atomic mass is 35.5. The number of aryl methyl sites for hydroxylation is 1. The van der Waals surface area contributed by atoms with E-state index < -0.39 is 0 Å². The normalized spacial score (nSPS) is 15.8. The van der Waals surface area contributed by atoms with Crippen LogP contribution in [-0.2, 0) is 0 Å². The first-order valence-electron chi connectivity index (χ1n) is 10.8. The molecule has 1 aliphatic carbocycles. The molecule has 7 heteroatoms. The van der Waals surface area contributed by atoms with E-state index in [9.17, 15) is 4.79 Å². The summed E-state index contributed by atoms with van der Waals surface area (Å²) in [6.07, 6.45) is 6.07. The van der Waals surface area contributed by atoms with Crippen LogP contribution in [0.4, 0.5) is 0 Å². The van der Waals surface area contributed by atoms with Crippen molar-refractivity contribution >= 4 is 29.1 Å². The van der Waals surface area contributed by atoms with Crippen LogP contribution in [0.1, 0.15) is 60.8 Å². The van der Waals surface area contributed by atoms with E-state index in [4.69, 9.17) is 27.6 Å². The third kappa shape index (κ3) is 4.53. The molecule has 1 aliphatic rings. The molecule has 1 saturated carbocycles. The van der Waals surface area contributed by atoms with Gasteiger partial charge >= 0.3 is 0 Å². The van der Waals surface area contributed by atoms with Crippen LogP contribution in [0.15, 0.2) is 34.7 Å². The van der Waals surface area contributed by atoms with Gasteiger partial charge in [0.15, 0.2) is 11.5 Å². The number of carbonyl (C=O) groups excluding carboxylic acids is 1. The first-order chi connectivity index (χ1) is 14.8. The van der Waals surface area contributed by atoms with E-state index in [0.717, 1.165) is 24.2 Å². The molecular formula is C24H27Cl2N3O2. The van der Waals surface area contributed by atoms with Gasteiger partial charge in [-0.3, -0.25) is 4.79 Å². The van der Waals surface area contributed by atoms with E-state index in [1.807, 2.05) is 26.0 Å². The van der Waals surface area contributed by atoms with Crippen LogP contribution in [0.2, 0.25) is 10.0 Å². The third-order valence-electron chi connectivity index (χ3n) is 6.16. The fourth-order valence-corrected chi connectivity index (χ4v) is 4.91. The molecule has 31 heavy (non-hydrogen) atoms. The minimum atomic E-state index is -0.177. The van der Waals surface area contributed by atoms with Crippen LogP contribution in [0, 0.1) is 19.8 Å². The highest BCUT2D eigenvalue weighted by molar-refractivity contribution is 6.35. The third-order valence-corrected chi connectivity index (χ3v) is 6.70. The number of rotatable bonds is 5. The van der Waals surface area contributed by atoms with Crippen LogP contribution in [0.3, 0.4) is 0 Å². The fourth-order valence-electron chi connectivity index (χ4n) is 4.42. The second kappa shape index (κ2) is 9.09. The van der Waals surface area contributed by atoms with Gasteiger partial charge in [-0.15, -0.1) is 0 Å². The van der Waals surface area contributed by atoms with Crippen LogP contribution >= 0.6 is 23.2 Å². The monoisotopic (exact) mass is 459 g/mol. The molecule has 0 unspecified atom stereocenters. The molecule has 1 fully saturated rings. The second-order valence-corrected chi connectivity index (χ2v) is 9.24. The Bertz CT molecular complexity index is 1100. The number of benzene rings is 1. The van der Waals surface area contributed by atoms with Gasteiger partial charge in [0, 0.05) is 16.6 Å². The Morgan fingerprint density at radius 3 is 2.55 bits per heavy atom. The zero-order valence-corrected chi connectivity index (χ0v) is 19.6. The Labute approximate surface area is 192 Å². The molecule has 3 aromatic rings. The minimum absolute atomic E-state index is 0.103. The zero-order chi connectivity index (χ0) is 22.1. The van der Waals surface area contributed by atoms with Crippen molar-refractivity contribution in [2.75, 3.05) is 0 Å². The number of aromatic nitrogens is 2. The van der Waals surface area contributed by atoms with E-state index >= 15 is 0 Å². The molecular weight excluding hydrogens is 433 g/mol. The lowest BCUT2D eigenvalue weighted by atomic mass is 9.84. The van der Waals surface area contributed by atoms with Crippen LogP contribution in [0.25, 0.3) is 17.1 Å². The van der Waals surface area contributed by atoms with Crippen LogP contribution in [-0.4, -0.2) is 21.7 Å². The maximum absolute atomic E-state index is 13.2. The lowest BCUT2D eigenvalue weighted by Gasteiger charge is -2.28. The van der Waals surface area contributed by atoms with Gasteiger partial charge in [-0.25, -0.2) is 4.68 Å². The van der Waals surface area contributed by atoms with E-state index in [0.29, 0.717) is 38.8 Å². The lowest BCUT2D eigenvalue weighted by Crippen LogP contribution is -2.39. The van der Waals surface area contributed by atoms with Gasteiger partial charge in [0.1, 0.15) is 11.5 Å². The summed E-state index contributed by atoms with van der Waals surface area (Å²) in [5, 5.41) is 8.83. The predicted octanol–water partition coefficient (Wildman–Crippen LogP) is 6.75. The van der Waals surface area contributed by atoms with E-state index in [1.165, 1.54) is 19.3 Å². The average Bonchev–Trinajstić information content (AvgIpc) is 3.31. The fraction of sp³-hybridized carbons (Fsp3) is 0.417. The molecule has 0 bridgehead atoms. The quantitative estimate of drug-likeness (QED) is 0.458. The molecule has 5 nitrogen and oxygen atoms in total. The first-order valence-corrected chi connectivity index (χ1v) is 11.5. The van der Waals surface area contributed by atoms with Gasteiger partial charge in [0.25, 0.3) is 5.91 Å². The first kappa shape index (κ1) is 22.0. The molecule has 0 saturated heterocycles. The van der Waals surface area contributed by atoms with Crippen molar-refractivity contribution in [3.63, 3.8) is 0 Å². The molecule has 0 radical (unpaired) electrons. The Morgan fingerprint density at radius 1 is 1.16 bits per heavy atom. The summed E-state index contributed by atoms with van der Waals surface area (Å²) >= 11 is 12.6. The number of nitrogens with one attached hydrogen (secondary N) is 1. The minimum Gasteiger partial charge on any atom is -0.460 e. The zero-order valence-electron chi connectivity index (χ0n) is 18.0. The van der Waals surface area contributed by atoms with Gasteiger partial charge < -0.3 is 9.73 Å². The standard InChI is InChI=1S/C24H27Cl2N3O2/c1-14-9-12-21(31-14)23-15(2)22(24(30)27-16(3)17-7-5-4-6-8-17)28-29(23)20-11-10-18(25)13-19(20)26/h9-13,16-17H,4-8H2,1-3H3,(H,27,30)/t16-/m1/s1. The number of hydrogen-bond donors (Lipinski definition) is 1. The number of halogens is 2. The molecule has 0 aliphatic heterocycles. The average molecular weight is 460 g/mol. The van der Waals surface area contributed by atoms with E-state index in [2.05, 4.69) is 17.3 Å². The van der Waals surface area contributed by atoms with Crippen LogP contribution < -0.4 is 5.32 Å². The number of hydrogen-bond acceptors (Lipinski definition) is 3. The Kier molecular flexibility index (Phi) is 6.44. The number of furan rings is 1. The summed E-state index contributed by atoms with van der Waals surface area (Å²) < 4.78 is 7.56. The summed E-state index contributed by atoms with van der Waals surface area (Å²) in [6, 6.07) is 9.08. The van der Waals surface area contributed by atoms with Gasteiger partial charge in [-0.2, -0.15) is 5.10 Å². The maximum Gasteiger partial charge on any atom is 0.272 e. The Balaban J connectivity index is 1.73. The van der Waals surface area contributed by atoms with Crippen molar-refractivity contribution < 1.29 is 9.21 Å². The molecule has 1 atom stereocenters. The van der Waals surface area contributed by atoms with Gasteiger partial charge in [-0.1, -0.05) is 42.5 Å². The SMILES string of the molecule is Cc1ccc(-c2c(C)c(C(=O)N[C@H](C)C3CCCCC3)nn2-c2ccc(Cl)cc2Cl)o1. The smallest absolute Gasteiger partial charge is 0.272 e. The van der Waals surface area contributed by atoms with Gasteiger partial charge in [0.05, 0.1) is 10.7 Å². The highest BCUT2D eigenvalue weighted by Crippen LogP contribution is 2.34. The van der Waals surface area contributed by atoms with Crippen molar-refractivity contribution in [2.45, 2.75) is 58.9 Å². The van der Waals surface area contributed by atoms with Crippen molar-refractivity contribution in [3.05, 3.63) is 57.4 Å². The molecule has 1 N–H and O–H groups in total. The molecule has 0 spiro atoms. The topological polar surface area (TPSA) is 60.1 Å². The molecule has 2 aromatic heterocycles. The molecule has 4 rings (SSSR count). The predicted molar refractivity (Wildman–Crippen MR) is 124 cm³/mol. The van der Waals surface area contributed by atoms with Crippen molar-refractivity contribution in [2.24, 2.45) is 5.92 Å². The van der Waals surface area contributed by atoms with E-state index in [-0.39, 0.29) is 11.9 Å². The summed E-state index contributed by atoms with van der Waals surface area (Å²) in [4.78, 5) is 13.2. The molecule has 2 heterocycles. The molecule has 1 aromatic carbocycles. The van der Waals surface area contributed by atoms with E-state index in [1.54, 1.807) is 22.9 Å². The Morgan fingerprint density at radius 2 is 1.90 bits per heavy atom. The largest absolute Gasteiger partial charge is 0.460 e. The summed E-state index contributed by atoms with van der Waals surface area (Å²) in [5.41, 5.74) is 2.46. The highest BCUT2D eigenvalue weighted by Gasteiger charge is 2.27. The van der Waals surface area contributed by atoms with Gasteiger partial charge in [0.2, 0.25) is 0 Å². The van der Waals surface area contributed by atoms with Gasteiger partial charge in [-0.05, 0) is 69.9 Å². The number of nitrogens with zero attached hydrogens (tertiary/aromatic N) is 2. The van der Waals surface area contributed by atoms with Crippen molar-refractivity contribution in [3.8, 4) is 17.1 Å². The summed E-state index contributed by atoms with van der Waals surface area (Å²) in [5.74, 6) is 1.75. The second-order valence-electron chi connectivity index (χ2n) is 8.40. The lowest BCUT2D eigenvalue weighted by molar-refractivity contribution is 0.0913. The van der Waals surface area contributed by atoms with Crippen molar-refractivity contribution in [1.29, 1.82) is 0 Å². The number of amides is 1. The number of carbonyl (C=O) groups is 1. The summed E-state index contributed by atoms with van der Waals surface area (Å²) in [6.45, 7) is 5.86. The summed E-state index contributed by atoms with van der Waals surface area (Å²) in [7, 11) is 0. The van der Waals surface area contributed by atoms with Crippen molar-refractivity contribution in [1.82, 2.24) is 15.1 Å². The maximum atomic E-state index is 13.2. The Hall–Kier alpha value is -2.24.